The third-order valence-electron chi connectivity index (χ3n) is 2.74. The minimum atomic E-state index is -1.03. The fraction of sp³-hybridized carbons (Fsp3) is 0.429. The Kier molecular flexibility index (Phi) is 5.00. The Bertz CT molecular complexity index is 480. The van der Waals surface area contributed by atoms with Crippen LogP contribution in [0.1, 0.15) is 31.1 Å². The Balaban J connectivity index is 2.98. The van der Waals surface area contributed by atoms with Crippen molar-refractivity contribution >= 4 is 23.6 Å². The molecule has 104 valence electrons. The first kappa shape index (κ1) is 15.6. The van der Waals surface area contributed by atoms with Crippen LogP contribution in [0.25, 0.3) is 0 Å². The predicted molar refractivity (Wildman–Crippen MR) is 76.6 cm³/mol. The van der Waals surface area contributed by atoms with Crippen LogP contribution in [0.2, 0.25) is 0 Å². The zero-order valence-electron chi connectivity index (χ0n) is 11.6. The van der Waals surface area contributed by atoms with Gasteiger partial charge in [-0.05, 0) is 23.8 Å². The Morgan fingerprint density at radius 2 is 1.84 bits per heavy atom. The molecule has 0 unspecified atom stereocenters. The summed E-state index contributed by atoms with van der Waals surface area (Å²) in [6.07, 6.45) is 1.88. The molecule has 0 heterocycles. The van der Waals surface area contributed by atoms with Crippen LogP contribution < -0.4 is 5.32 Å². The largest absolute Gasteiger partial charge is 0.480 e. The molecule has 0 aliphatic carbocycles. The van der Waals surface area contributed by atoms with Crippen molar-refractivity contribution in [1.29, 1.82) is 0 Å². The highest BCUT2D eigenvalue weighted by atomic mass is 32.2. The Morgan fingerprint density at radius 1 is 1.26 bits per heavy atom. The minimum Gasteiger partial charge on any atom is -0.480 e. The number of amides is 1. The first-order valence-electron chi connectivity index (χ1n) is 5.94. The molecule has 0 aromatic heterocycles. The number of carbonyl (C=O) groups excluding carboxylic acids is 1. The summed E-state index contributed by atoms with van der Waals surface area (Å²) in [5, 5.41) is 11.8. The molecule has 1 aromatic carbocycles. The van der Waals surface area contributed by atoms with Gasteiger partial charge in [0.2, 0.25) is 0 Å². The van der Waals surface area contributed by atoms with E-state index in [1.54, 1.807) is 32.9 Å². The average molecular weight is 281 g/mol. The van der Waals surface area contributed by atoms with Crippen molar-refractivity contribution in [3.63, 3.8) is 0 Å². The van der Waals surface area contributed by atoms with Gasteiger partial charge < -0.3 is 10.4 Å². The van der Waals surface area contributed by atoms with Crippen molar-refractivity contribution in [2.45, 2.75) is 31.7 Å². The van der Waals surface area contributed by atoms with E-state index in [1.807, 2.05) is 18.4 Å². The van der Waals surface area contributed by atoms with Crippen LogP contribution in [0.15, 0.2) is 29.2 Å². The number of carboxylic acids is 1. The smallest absolute Gasteiger partial charge is 0.326 e. The van der Waals surface area contributed by atoms with E-state index < -0.39 is 17.4 Å². The van der Waals surface area contributed by atoms with Gasteiger partial charge in [-0.3, -0.25) is 4.79 Å². The lowest BCUT2D eigenvalue weighted by Gasteiger charge is -2.28. The van der Waals surface area contributed by atoms with Crippen LogP contribution >= 0.6 is 11.8 Å². The lowest BCUT2D eigenvalue weighted by atomic mass is 9.86. The standard InChI is InChI=1S/C14H19NO3S/c1-14(2,3)11(13(17)18)15-12(16)9-7-5-6-8-10(9)19-4/h5-8,11H,1-4H3,(H,15,16)(H,17,18)/t11-/m0/s1. The first-order valence-corrected chi connectivity index (χ1v) is 7.16. The van der Waals surface area contributed by atoms with E-state index in [2.05, 4.69) is 5.32 Å². The molecule has 1 amide bonds. The highest BCUT2D eigenvalue weighted by molar-refractivity contribution is 7.98. The zero-order valence-corrected chi connectivity index (χ0v) is 12.4. The van der Waals surface area contributed by atoms with Crippen LogP contribution in [-0.2, 0) is 4.79 Å². The molecule has 0 bridgehead atoms. The maximum atomic E-state index is 12.2. The van der Waals surface area contributed by atoms with E-state index in [9.17, 15) is 14.7 Å². The molecule has 5 heteroatoms. The molecule has 1 atom stereocenters. The maximum absolute atomic E-state index is 12.2. The predicted octanol–water partition coefficient (Wildman–Crippen LogP) is 2.64. The number of benzene rings is 1. The molecule has 0 aliphatic heterocycles. The monoisotopic (exact) mass is 281 g/mol. The van der Waals surface area contributed by atoms with E-state index in [0.717, 1.165) is 4.90 Å². The molecule has 1 rings (SSSR count). The number of carboxylic acid groups (broad SMARTS) is 1. The second kappa shape index (κ2) is 6.10. The Labute approximate surface area is 117 Å². The summed E-state index contributed by atoms with van der Waals surface area (Å²) in [6.45, 7) is 5.35. The average Bonchev–Trinajstić information content (AvgIpc) is 2.33. The van der Waals surface area contributed by atoms with Gasteiger partial charge in [0.05, 0.1) is 5.56 Å². The van der Waals surface area contributed by atoms with Gasteiger partial charge >= 0.3 is 5.97 Å². The van der Waals surface area contributed by atoms with Crippen molar-refractivity contribution in [3.8, 4) is 0 Å². The minimum absolute atomic E-state index is 0.354. The molecular formula is C14H19NO3S. The lowest BCUT2D eigenvalue weighted by Crippen LogP contribution is -2.49. The Morgan fingerprint density at radius 3 is 2.32 bits per heavy atom. The van der Waals surface area contributed by atoms with Crippen LogP contribution in [0.3, 0.4) is 0 Å². The number of aliphatic carboxylic acids is 1. The van der Waals surface area contributed by atoms with Crippen molar-refractivity contribution in [2.24, 2.45) is 5.41 Å². The van der Waals surface area contributed by atoms with Gasteiger partial charge in [-0.15, -0.1) is 11.8 Å². The van der Waals surface area contributed by atoms with Gasteiger partial charge in [0.1, 0.15) is 6.04 Å². The van der Waals surface area contributed by atoms with Gasteiger partial charge in [-0.2, -0.15) is 0 Å². The van der Waals surface area contributed by atoms with Crippen LogP contribution in [0.5, 0.6) is 0 Å². The second-order valence-corrected chi connectivity index (χ2v) is 6.16. The van der Waals surface area contributed by atoms with Crippen molar-refractivity contribution < 1.29 is 14.7 Å². The Hall–Kier alpha value is -1.49. The molecular weight excluding hydrogens is 262 g/mol. The van der Waals surface area contributed by atoms with Crippen molar-refractivity contribution in [2.75, 3.05) is 6.26 Å². The molecule has 0 radical (unpaired) electrons. The van der Waals surface area contributed by atoms with Gasteiger partial charge in [0.15, 0.2) is 0 Å². The quantitative estimate of drug-likeness (QED) is 0.833. The molecule has 0 aliphatic rings. The van der Waals surface area contributed by atoms with E-state index >= 15 is 0 Å². The fourth-order valence-electron chi connectivity index (χ4n) is 1.69. The molecule has 2 N–H and O–H groups in total. The molecule has 0 saturated carbocycles. The van der Waals surface area contributed by atoms with Crippen LogP contribution in [0.4, 0.5) is 0 Å². The maximum Gasteiger partial charge on any atom is 0.326 e. The highest BCUT2D eigenvalue weighted by Gasteiger charge is 2.33. The summed E-state index contributed by atoms with van der Waals surface area (Å²) in [4.78, 5) is 24.3. The van der Waals surface area contributed by atoms with E-state index in [0.29, 0.717) is 5.56 Å². The molecule has 0 fully saturated rings. The van der Waals surface area contributed by atoms with E-state index in [1.165, 1.54) is 11.8 Å². The van der Waals surface area contributed by atoms with Gasteiger partial charge in [0.25, 0.3) is 5.91 Å². The molecule has 4 nitrogen and oxygen atoms in total. The first-order chi connectivity index (χ1) is 8.77. The molecule has 0 spiro atoms. The number of hydrogen-bond donors (Lipinski definition) is 2. The summed E-state index contributed by atoms with van der Waals surface area (Å²) in [7, 11) is 0. The van der Waals surface area contributed by atoms with Crippen LogP contribution in [-0.4, -0.2) is 29.3 Å². The summed E-state index contributed by atoms with van der Waals surface area (Å²) in [6, 6.07) is 6.23. The number of carbonyl (C=O) groups is 2. The van der Waals surface area contributed by atoms with Crippen molar-refractivity contribution in [1.82, 2.24) is 5.32 Å². The molecule has 1 aromatic rings. The van der Waals surface area contributed by atoms with Gasteiger partial charge in [-0.1, -0.05) is 32.9 Å². The van der Waals surface area contributed by atoms with E-state index in [4.69, 9.17) is 0 Å². The third kappa shape index (κ3) is 3.99. The summed E-state index contributed by atoms with van der Waals surface area (Å²) in [5.74, 6) is -1.38. The van der Waals surface area contributed by atoms with E-state index in [-0.39, 0.29) is 5.91 Å². The number of thioether (sulfide) groups is 1. The number of nitrogens with one attached hydrogen (secondary N) is 1. The number of rotatable bonds is 4. The molecule has 19 heavy (non-hydrogen) atoms. The zero-order chi connectivity index (χ0) is 14.6. The fourth-order valence-corrected chi connectivity index (χ4v) is 2.29. The summed E-state index contributed by atoms with van der Waals surface area (Å²) < 4.78 is 0. The second-order valence-electron chi connectivity index (χ2n) is 5.31. The van der Waals surface area contributed by atoms with Crippen molar-refractivity contribution in [3.05, 3.63) is 29.8 Å². The van der Waals surface area contributed by atoms with Crippen LogP contribution in [0, 0.1) is 5.41 Å². The highest BCUT2D eigenvalue weighted by Crippen LogP contribution is 2.23. The third-order valence-corrected chi connectivity index (χ3v) is 3.54. The summed E-state index contributed by atoms with van der Waals surface area (Å²) in [5.41, 5.74) is -0.0407. The normalized spacial score (nSPS) is 12.8. The number of hydrogen-bond acceptors (Lipinski definition) is 3. The molecule has 0 saturated heterocycles. The topological polar surface area (TPSA) is 66.4 Å². The lowest BCUT2D eigenvalue weighted by molar-refractivity contribution is -0.142. The SMILES string of the molecule is CSc1ccccc1C(=O)N[C@@H](C(=O)O)C(C)(C)C. The van der Waals surface area contributed by atoms with Gasteiger partial charge in [-0.25, -0.2) is 4.79 Å². The van der Waals surface area contributed by atoms with Gasteiger partial charge in [0, 0.05) is 4.90 Å². The summed E-state index contributed by atoms with van der Waals surface area (Å²) >= 11 is 1.46.